The topological polar surface area (TPSA) is 66.5 Å². The van der Waals surface area contributed by atoms with Crippen molar-refractivity contribution < 1.29 is 13.2 Å². The van der Waals surface area contributed by atoms with Crippen LogP contribution in [0.5, 0.6) is 0 Å². The van der Waals surface area contributed by atoms with E-state index in [1.165, 1.54) is 10.6 Å². The lowest BCUT2D eigenvalue weighted by molar-refractivity contribution is -0.116. The molecule has 0 aliphatic carbocycles. The predicted molar refractivity (Wildman–Crippen MR) is 102 cm³/mol. The molecule has 6 heteroatoms. The van der Waals surface area contributed by atoms with Gasteiger partial charge in [0.2, 0.25) is 15.9 Å². The number of aryl methyl sites for hydroxylation is 1. The number of carbonyl (C=O) groups is 1. The predicted octanol–water partition coefficient (Wildman–Crippen LogP) is 3.43. The molecule has 0 fully saturated rings. The Morgan fingerprint density at radius 2 is 1.68 bits per heavy atom. The molecule has 0 saturated carbocycles. The molecule has 0 saturated heterocycles. The number of hydrogen-bond acceptors (Lipinski definition) is 3. The van der Waals surface area contributed by atoms with Gasteiger partial charge in [0.05, 0.1) is 11.9 Å². The number of hydrogen-bond donors (Lipinski definition) is 1. The van der Waals surface area contributed by atoms with Crippen molar-refractivity contribution in [2.45, 2.75) is 26.2 Å². The third kappa shape index (κ3) is 5.60. The normalized spacial score (nSPS) is 11.1. The molecule has 0 radical (unpaired) electrons. The Balaban J connectivity index is 1.95. The number of amides is 1. The summed E-state index contributed by atoms with van der Waals surface area (Å²) in [5, 5.41) is 2.91. The molecule has 0 atom stereocenters. The van der Waals surface area contributed by atoms with E-state index >= 15 is 0 Å². The standard InChI is InChI=1S/C19H24N2O3S/c1-3-16-10-7-8-13-18(16)20-19(22)14-9-15-21(25(2,23)24)17-11-5-4-6-12-17/h4-8,10-13H,3,9,14-15H2,1-2H3,(H,20,22). The zero-order valence-electron chi connectivity index (χ0n) is 14.6. The molecule has 0 unspecified atom stereocenters. The smallest absolute Gasteiger partial charge is 0.232 e. The van der Waals surface area contributed by atoms with E-state index in [1.54, 1.807) is 24.3 Å². The molecule has 0 aromatic heterocycles. The highest BCUT2D eigenvalue weighted by molar-refractivity contribution is 7.92. The number of nitrogens with one attached hydrogen (secondary N) is 1. The van der Waals surface area contributed by atoms with E-state index in [-0.39, 0.29) is 18.9 Å². The fraction of sp³-hybridized carbons (Fsp3) is 0.316. The van der Waals surface area contributed by atoms with Crippen LogP contribution in [0.25, 0.3) is 0 Å². The second-order valence-corrected chi connectivity index (χ2v) is 7.74. The summed E-state index contributed by atoms with van der Waals surface area (Å²) in [6, 6.07) is 16.6. The highest BCUT2D eigenvalue weighted by Crippen LogP contribution is 2.18. The van der Waals surface area contributed by atoms with Crippen LogP contribution in [0.1, 0.15) is 25.3 Å². The van der Waals surface area contributed by atoms with Crippen molar-refractivity contribution in [3.8, 4) is 0 Å². The highest BCUT2D eigenvalue weighted by Gasteiger charge is 2.17. The summed E-state index contributed by atoms with van der Waals surface area (Å²) in [4.78, 5) is 12.2. The van der Waals surface area contributed by atoms with Crippen LogP contribution in [0, 0.1) is 0 Å². The number of benzene rings is 2. The third-order valence-electron chi connectivity index (χ3n) is 3.88. The van der Waals surface area contributed by atoms with Crippen LogP contribution in [0.2, 0.25) is 0 Å². The van der Waals surface area contributed by atoms with Crippen molar-refractivity contribution >= 4 is 27.3 Å². The summed E-state index contributed by atoms with van der Waals surface area (Å²) in [5.41, 5.74) is 2.51. The molecular formula is C19H24N2O3S. The van der Waals surface area contributed by atoms with E-state index in [9.17, 15) is 13.2 Å². The molecule has 5 nitrogen and oxygen atoms in total. The zero-order chi connectivity index (χ0) is 18.3. The number of sulfonamides is 1. The highest BCUT2D eigenvalue weighted by atomic mass is 32.2. The molecule has 1 N–H and O–H groups in total. The van der Waals surface area contributed by atoms with E-state index in [0.717, 1.165) is 17.7 Å². The van der Waals surface area contributed by atoms with Gasteiger partial charge in [-0.1, -0.05) is 43.3 Å². The Bertz CT molecular complexity index is 804. The SMILES string of the molecule is CCc1ccccc1NC(=O)CCCN(c1ccccc1)S(C)(=O)=O. The molecule has 0 heterocycles. The van der Waals surface area contributed by atoms with Crippen LogP contribution in [0.15, 0.2) is 54.6 Å². The average molecular weight is 360 g/mol. The van der Waals surface area contributed by atoms with Crippen LogP contribution >= 0.6 is 0 Å². The maximum absolute atomic E-state index is 12.2. The quantitative estimate of drug-likeness (QED) is 0.784. The maximum atomic E-state index is 12.2. The van der Waals surface area contributed by atoms with Crippen LogP contribution in [0.3, 0.4) is 0 Å². The van der Waals surface area contributed by atoms with Crippen molar-refractivity contribution in [1.82, 2.24) is 0 Å². The fourth-order valence-electron chi connectivity index (χ4n) is 2.63. The molecule has 2 rings (SSSR count). The van der Waals surface area contributed by atoms with E-state index in [2.05, 4.69) is 5.32 Å². The molecular weight excluding hydrogens is 336 g/mol. The minimum atomic E-state index is -3.38. The van der Waals surface area contributed by atoms with Gasteiger partial charge in [0, 0.05) is 18.7 Å². The molecule has 0 aliphatic heterocycles. The van der Waals surface area contributed by atoms with Gasteiger partial charge in [-0.05, 0) is 36.6 Å². The van der Waals surface area contributed by atoms with Crippen LogP contribution < -0.4 is 9.62 Å². The first-order valence-corrected chi connectivity index (χ1v) is 10.2. The van der Waals surface area contributed by atoms with E-state index in [0.29, 0.717) is 12.1 Å². The molecule has 0 aliphatic rings. The number of anilines is 2. The number of rotatable bonds is 8. The monoisotopic (exact) mass is 360 g/mol. The van der Waals surface area contributed by atoms with Gasteiger partial charge in [-0.3, -0.25) is 9.10 Å². The molecule has 0 bridgehead atoms. The molecule has 25 heavy (non-hydrogen) atoms. The van der Waals surface area contributed by atoms with Crippen molar-refractivity contribution in [2.24, 2.45) is 0 Å². The Morgan fingerprint density at radius 3 is 2.32 bits per heavy atom. The fourth-order valence-corrected chi connectivity index (χ4v) is 3.59. The van der Waals surface area contributed by atoms with Gasteiger partial charge in [0.15, 0.2) is 0 Å². The van der Waals surface area contributed by atoms with Gasteiger partial charge in [-0.25, -0.2) is 8.42 Å². The van der Waals surface area contributed by atoms with E-state index in [1.807, 2.05) is 37.3 Å². The van der Waals surface area contributed by atoms with Gasteiger partial charge < -0.3 is 5.32 Å². The largest absolute Gasteiger partial charge is 0.326 e. The maximum Gasteiger partial charge on any atom is 0.232 e. The first kappa shape index (κ1) is 19.0. The zero-order valence-corrected chi connectivity index (χ0v) is 15.4. The van der Waals surface area contributed by atoms with Crippen LogP contribution in [-0.4, -0.2) is 27.1 Å². The van der Waals surface area contributed by atoms with Gasteiger partial charge >= 0.3 is 0 Å². The number of para-hydroxylation sites is 2. The summed E-state index contributed by atoms with van der Waals surface area (Å²) < 4.78 is 25.3. The van der Waals surface area contributed by atoms with Crippen molar-refractivity contribution in [2.75, 3.05) is 22.4 Å². The van der Waals surface area contributed by atoms with Gasteiger partial charge in [0.25, 0.3) is 0 Å². The minimum absolute atomic E-state index is 0.109. The molecule has 0 spiro atoms. The summed E-state index contributed by atoms with van der Waals surface area (Å²) >= 11 is 0. The lowest BCUT2D eigenvalue weighted by Crippen LogP contribution is -2.31. The summed E-state index contributed by atoms with van der Waals surface area (Å²) in [7, 11) is -3.38. The summed E-state index contributed by atoms with van der Waals surface area (Å²) in [6.45, 7) is 2.31. The van der Waals surface area contributed by atoms with E-state index in [4.69, 9.17) is 0 Å². The first-order valence-electron chi connectivity index (χ1n) is 8.32. The molecule has 134 valence electrons. The lowest BCUT2D eigenvalue weighted by atomic mass is 10.1. The van der Waals surface area contributed by atoms with Crippen molar-refractivity contribution in [1.29, 1.82) is 0 Å². The minimum Gasteiger partial charge on any atom is -0.326 e. The van der Waals surface area contributed by atoms with Crippen LogP contribution in [-0.2, 0) is 21.2 Å². The average Bonchev–Trinajstić information content (AvgIpc) is 2.59. The Morgan fingerprint density at radius 1 is 1.04 bits per heavy atom. The Hall–Kier alpha value is -2.34. The second kappa shape index (κ2) is 8.67. The Labute approximate surface area is 149 Å². The number of nitrogens with zero attached hydrogens (tertiary/aromatic N) is 1. The summed E-state index contributed by atoms with van der Waals surface area (Å²) in [5.74, 6) is -0.109. The van der Waals surface area contributed by atoms with Gasteiger partial charge in [-0.2, -0.15) is 0 Å². The van der Waals surface area contributed by atoms with Crippen LogP contribution in [0.4, 0.5) is 11.4 Å². The second-order valence-electron chi connectivity index (χ2n) is 5.83. The van der Waals surface area contributed by atoms with Gasteiger partial charge in [-0.15, -0.1) is 0 Å². The van der Waals surface area contributed by atoms with Crippen molar-refractivity contribution in [3.63, 3.8) is 0 Å². The van der Waals surface area contributed by atoms with E-state index < -0.39 is 10.0 Å². The molecule has 2 aromatic carbocycles. The van der Waals surface area contributed by atoms with Crippen molar-refractivity contribution in [3.05, 3.63) is 60.2 Å². The van der Waals surface area contributed by atoms with Gasteiger partial charge in [0.1, 0.15) is 0 Å². The third-order valence-corrected chi connectivity index (χ3v) is 5.08. The Kier molecular flexibility index (Phi) is 6.58. The first-order chi connectivity index (χ1) is 11.9. The molecule has 1 amide bonds. The number of carbonyl (C=O) groups excluding carboxylic acids is 1. The molecule has 2 aromatic rings. The lowest BCUT2D eigenvalue weighted by Gasteiger charge is -2.22. The summed E-state index contributed by atoms with van der Waals surface area (Å²) in [6.07, 6.45) is 2.73.